The fraction of sp³-hybridized carbons (Fsp3) is 0.385. The largest absolute Gasteiger partial charge is 0.322 e. The van der Waals surface area contributed by atoms with E-state index in [1.807, 2.05) is 18.5 Å². The minimum absolute atomic E-state index is 0.279. The second-order valence-corrected chi connectivity index (χ2v) is 5.17. The molecule has 0 fully saturated rings. The summed E-state index contributed by atoms with van der Waals surface area (Å²) in [6.45, 7) is 4.76. The minimum Gasteiger partial charge on any atom is -0.322 e. The summed E-state index contributed by atoms with van der Waals surface area (Å²) in [7, 11) is 0. The van der Waals surface area contributed by atoms with Gasteiger partial charge in [-0.05, 0) is 41.9 Å². The Kier molecular flexibility index (Phi) is 4.31. The Balaban J connectivity index is 2.23. The van der Waals surface area contributed by atoms with E-state index in [1.165, 1.54) is 12.3 Å². The van der Waals surface area contributed by atoms with Gasteiger partial charge in [0, 0.05) is 13.0 Å². The summed E-state index contributed by atoms with van der Waals surface area (Å²) < 4.78 is 15.7. The van der Waals surface area contributed by atoms with E-state index in [2.05, 4.69) is 26.0 Å². The molecule has 2 aromatic rings. The average molecular weight is 327 g/mol. The summed E-state index contributed by atoms with van der Waals surface area (Å²) in [6.07, 6.45) is 1.79. The molecule has 1 unspecified atom stereocenters. The number of aryl methyl sites for hydroxylation is 2. The third-order valence-electron chi connectivity index (χ3n) is 3.00. The van der Waals surface area contributed by atoms with Crippen LogP contribution in [0.3, 0.4) is 0 Å². The number of halogens is 2. The van der Waals surface area contributed by atoms with E-state index in [0.29, 0.717) is 12.1 Å². The van der Waals surface area contributed by atoms with E-state index in [4.69, 9.17) is 5.73 Å². The van der Waals surface area contributed by atoms with Gasteiger partial charge in [-0.25, -0.2) is 4.39 Å². The molecular weight excluding hydrogens is 311 g/mol. The van der Waals surface area contributed by atoms with E-state index in [0.717, 1.165) is 22.4 Å². The lowest BCUT2D eigenvalue weighted by molar-refractivity contribution is 0.576. The summed E-state index contributed by atoms with van der Waals surface area (Å²) in [5, 5.41) is 4.42. The second kappa shape index (κ2) is 5.79. The van der Waals surface area contributed by atoms with Crippen LogP contribution in [-0.4, -0.2) is 14.8 Å². The van der Waals surface area contributed by atoms with Gasteiger partial charge in [0.25, 0.3) is 0 Å². The van der Waals surface area contributed by atoms with Gasteiger partial charge in [0.2, 0.25) is 0 Å². The van der Waals surface area contributed by atoms with Crippen LogP contribution in [0.2, 0.25) is 0 Å². The molecule has 0 saturated heterocycles. The molecule has 2 aromatic heterocycles. The molecule has 1 atom stereocenters. The molecule has 2 rings (SSSR count). The SMILES string of the molecule is CCn1nc(C)c(Br)c1CC(N)c1ccc(F)cn1. The Bertz CT molecular complexity index is 565. The Morgan fingerprint density at radius 1 is 1.47 bits per heavy atom. The van der Waals surface area contributed by atoms with Crippen molar-refractivity contribution in [3.63, 3.8) is 0 Å². The predicted octanol–water partition coefficient (Wildman–Crippen LogP) is 2.75. The maximum Gasteiger partial charge on any atom is 0.141 e. The van der Waals surface area contributed by atoms with Crippen molar-refractivity contribution in [2.75, 3.05) is 0 Å². The van der Waals surface area contributed by atoms with Gasteiger partial charge in [-0.3, -0.25) is 9.67 Å². The van der Waals surface area contributed by atoms with Crippen LogP contribution in [0.4, 0.5) is 4.39 Å². The number of nitrogens with two attached hydrogens (primary N) is 1. The third-order valence-corrected chi connectivity index (χ3v) is 4.03. The van der Waals surface area contributed by atoms with Crippen LogP contribution in [0.5, 0.6) is 0 Å². The van der Waals surface area contributed by atoms with E-state index >= 15 is 0 Å². The van der Waals surface area contributed by atoms with Crippen molar-refractivity contribution in [3.8, 4) is 0 Å². The van der Waals surface area contributed by atoms with Gasteiger partial charge >= 0.3 is 0 Å². The van der Waals surface area contributed by atoms with E-state index in [9.17, 15) is 4.39 Å². The lowest BCUT2D eigenvalue weighted by atomic mass is 10.1. The van der Waals surface area contributed by atoms with Crippen LogP contribution in [0.25, 0.3) is 0 Å². The Morgan fingerprint density at radius 3 is 2.79 bits per heavy atom. The lowest BCUT2D eigenvalue weighted by Gasteiger charge is -2.12. The Morgan fingerprint density at radius 2 is 2.21 bits per heavy atom. The molecule has 0 aliphatic carbocycles. The van der Waals surface area contributed by atoms with Gasteiger partial charge in [0.05, 0.1) is 33.8 Å². The molecule has 0 aromatic carbocycles. The van der Waals surface area contributed by atoms with Crippen molar-refractivity contribution in [1.29, 1.82) is 0 Å². The summed E-state index contributed by atoms with van der Waals surface area (Å²) >= 11 is 3.54. The molecule has 0 bridgehead atoms. The molecule has 6 heteroatoms. The summed E-state index contributed by atoms with van der Waals surface area (Å²) in [6, 6.07) is 2.71. The zero-order valence-corrected chi connectivity index (χ0v) is 12.5. The first-order valence-corrected chi connectivity index (χ1v) is 6.91. The van der Waals surface area contributed by atoms with Crippen LogP contribution in [0.1, 0.15) is 30.0 Å². The highest BCUT2D eigenvalue weighted by Gasteiger charge is 2.17. The fourth-order valence-electron chi connectivity index (χ4n) is 1.98. The first-order valence-electron chi connectivity index (χ1n) is 6.11. The van der Waals surface area contributed by atoms with Crippen molar-refractivity contribution < 1.29 is 4.39 Å². The molecular formula is C13H16BrFN4. The maximum atomic E-state index is 12.8. The molecule has 2 N–H and O–H groups in total. The van der Waals surface area contributed by atoms with Gasteiger partial charge in [-0.1, -0.05) is 0 Å². The number of pyridine rings is 1. The molecule has 0 aliphatic heterocycles. The summed E-state index contributed by atoms with van der Waals surface area (Å²) in [5.41, 5.74) is 8.79. The number of rotatable bonds is 4. The topological polar surface area (TPSA) is 56.7 Å². The molecule has 0 amide bonds. The molecule has 4 nitrogen and oxygen atoms in total. The number of nitrogens with zero attached hydrogens (tertiary/aromatic N) is 3. The first-order chi connectivity index (χ1) is 9.02. The molecule has 19 heavy (non-hydrogen) atoms. The molecule has 2 heterocycles. The smallest absolute Gasteiger partial charge is 0.141 e. The molecule has 0 spiro atoms. The average Bonchev–Trinajstić information content (AvgIpc) is 2.67. The second-order valence-electron chi connectivity index (χ2n) is 4.37. The van der Waals surface area contributed by atoms with E-state index < -0.39 is 0 Å². The zero-order valence-electron chi connectivity index (χ0n) is 10.9. The first kappa shape index (κ1) is 14.1. The molecule has 102 valence electrons. The standard InChI is InChI=1S/C13H16BrFN4/c1-3-19-12(13(14)8(2)18-19)6-10(16)11-5-4-9(15)7-17-11/h4-5,7,10H,3,6,16H2,1-2H3. The van der Waals surface area contributed by atoms with Gasteiger partial charge in [-0.2, -0.15) is 5.10 Å². The number of hydrogen-bond donors (Lipinski definition) is 1. The molecule has 0 aliphatic rings. The van der Waals surface area contributed by atoms with Crippen LogP contribution < -0.4 is 5.73 Å². The highest BCUT2D eigenvalue weighted by atomic mass is 79.9. The van der Waals surface area contributed by atoms with E-state index in [1.54, 1.807) is 6.07 Å². The zero-order chi connectivity index (χ0) is 14.0. The van der Waals surface area contributed by atoms with Crippen LogP contribution in [-0.2, 0) is 13.0 Å². The maximum absolute atomic E-state index is 12.8. The normalized spacial score (nSPS) is 12.7. The van der Waals surface area contributed by atoms with Gasteiger partial charge in [-0.15, -0.1) is 0 Å². The van der Waals surface area contributed by atoms with Crippen molar-refractivity contribution in [3.05, 3.63) is 45.7 Å². The van der Waals surface area contributed by atoms with E-state index in [-0.39, 0.29) is 11.9 Å². The lowest BCUT2D eigenvalue weighted by Crippen LogP contribution is -2.17. The quantitative estimate of drug-likeness (QED) is 0.939. The highest BCUT2D eigenvalue weighted by Crippen LogP contribution is 2.25. The Hall–Kier alpha value is -1.27. The van der Waals surface area contributed by atoms with Gasteiger partial charge in [0.1, 0.15) is 5.82 Å². The monoisotopic (exact) mass is 326 g/mol. The predicted molar refractivity (Wildman–Crippen MR) is 75.2 cm³/mol. The van der Waals surface area contributed by atoms with Crippen molar-refractivity contribution >= 4 is 15.9 Å². The van der Waals surface area contributed by atoms with Crippen molar-refractivity contribution in [2.45, 2.75) is 32.9 Å². The molecule has 0 radical (unpaired) electrons. The Labute approximate surface area is 120 Å². The van der Waals surface area contributed by atoms with Crippen LogP contribution in [0.15, 0.2) is 22.8 Å². The number of hydrogen-bond acceptors (Lipinski definition) is 3. The van der Waals surface area contributed by atoms with Gasteiger partial charge in [0.15, 0.2) is 0 Å². The number of aromatic nitrogens is 3. The van der Waals surface area contributed by atoms with Crippen molar-refractivity contribution in [2.24, 2.45) is 5.73 Å². The van der Waals surface area contributed by atoms with Gasteiger partial charge < -0.3 is 5.73 Å². The van der Waals surface area contributed by atoms with Crippen LogP contribution in [0, 0.1) is 12.7 Å². The fourth-order valence-corrected chi connectivity index (χ4v) is 2.43. The minimum atomic E-state index is -0.355. The summed E-state index contributed by atoms with van der Waals surface area (Å²) in [4.78, 5) is 4.02. The summed E-state index contributed by atoms with van der Waals surface area (Å²) in [5.74, 6) is -0.355. The van der Waals surface area contributed by atoms with Crippen molar-refractivity contribution in [1.82, 2.24) is 14.8 Å². The third kappa shape index (κ3) is 3.01. The molecule has 0 saturated carbocycles. The van der Waals surface area contributed by atoms with Crippen LogP contribution >= 0.6 is 15.9 Å². The highest BCUT2D eigenvalue weighted by molar-refractivity contribution is 9.10.